The minimum atomic E-state index is -0.774. The van der Waals surface area contributed by atoms with E-state index in [0.717, 1.165) is 4.80 Å². The molecule has 0 radical (unpaired) electrons. The first kappa shape index (κ1) is 8.24. The quantitative estimate of drug-likeness (QED) is 0.434. The molecule has 0 saturated heterocycles. The normalized spacial score (nSPS) is 9.75. The number of aromatic nitrogens is 4. The molecule has 0 aliphatic heterocycles. The van der Waals surface area contributed by atoms with Gasteiger partial charge < -0.3 is 10.1 Å². The van der Waals surface area contributed by atoms with Crippen molar-refractivity contribution in [2.75, 3.05) is 0 Å². The lowest BCUT2D eigenvalue weighted by Crippen LogP contribution is -2.09. The third-order valence-corrected chi connectivity index (χ3v) is 0.970. The lowest BCUT2D eigenvalue weighted by molar-refractivity contribution is -0.394. The van der Waals surface area contributed by atoms with E-state index < -0.39 is 10.9 Å². The van der Waals surface area contributed by atoms with Gasteiger partial charge in [-0.1, -0.05) is 4.80 Å². The van der Waals surface area contributed by atoms with Crippen LogP contribution in [0.4, 0.5) is 5.95 Å². The van der Waals surface area contributed by atoms with Crippen LogP contribution in [0, 0.1) is 10.1 Å². The molecule has 0 N–H and O–H groups in total. The molecule has 12 heavy (non-hydrogen) atoms. The number of nitrogens with zero attached hydrogens (tertiary/aromatic N) is 5. The Morgan fingerprint density at radius 2 is 2.42 bits per heavy atom. The van der Waals surface area contributed by atoms with E-state index in [1.54, 1.807) is 0 Å². The molecule has 1 heterocycles. The SMILES string of the molecule is CC(=O)Cn1nnc([N+](=O)[O-])n1. The van der Waals surface area contributed by atoms with Crippen LogP contribution in [0.3, 0.4) is 0 Å². The van der Waals surface area contributed by atoms with E-state index in [0.29, 0.717) is 0 Å². The maximum atomic E-state index is 10.5. The highest BCUT2D eigenvalue weighted by molar-refractivity contribution is 5.74. The Balaban J connectivity index is 2.77. The molecule has 1 aromatic rings. The summed E-state index contributed by atoms with van der Waals surface area (Å²) in [5.74, 6) is -0.793. The highest BCUT2D eigenvalue weighted by atomic mass is 16.6. The van der Waals surface area contributed by atoms with Gasteiger partial charge in [0, 0.05) is 5.21 Å². The number of Topliss-reactive ketones (excluding diaryl/α,β-unsaturated/α-hetero) is 1. The van der Waals surface area contributed by atoms with Crippen molar-refractivity contribution in [3.63, 3.8) is 0 Å². The van der Waals surface area contributed by atoms with Crippen molar-refractivity contribution < 1.29 is 9.72 Å². The minimum Gasteiger partial charge on any atom is -0.390 e. The van der Waals surface area contributed by atoms with E-state index in [-0.39, 0.29) is 12.3 Å². The van der Waals surface area contributed by atoms with Crippen molar-refractivity contribution in [1.82, 2.24) is 20.2 Å². The Kier molecular flexibility index (Phi) is 2.08. The molecule has 1 aromatic heterocycles. The summed E-state index contributed by atoms with van der Waals surface area (Å²) in [7, 11) is 0. The van der Waals surface area contributed by atoms with Crippen molar-refractivity contribution in [3.05, 3.63) is 10.1 Å². The molecule has 0 bridgehead atoms. The van der Waals surface area contributed by atoms with E-state index in [1.165, 1.54) is 6.92 Å². The number of nitro groups is 1. The standard InChI is InChI=1S/C4H5N5O3/c1-3(10)2-8-6-4(5-7-8)9(11)12/h2H2,1H3. The summed E-state index contributed by atoms with van der Waals surface area (Å²) in [6.45, 7) is 1.23. The summed E-state index contributed by atoms with van der Waals surface area (Å²) in [5, 5.41) is 19.8. The first-order valence-corrected chi connectivity index (χ1v) is 3.01. The zero-order valence-corrected chi connectivity index (χ0v) is 6.17. The number of carbonyl (C=O) groups excluding carboxylic acids is 1. The number of carbonyl (C=O) groups is 1. The fourth-order valence-electron chi connectivity index (χ4n) is 0.574. The minimum absolute atomic E-state index is 0.0964. The van der Waals surface area contributed by atoms with Crippen LogP contribution in [0.2, 0.25) is 0 Å². The third kappa shape index (κ3) is 1.81. The van der Waals surface area contributed by atoms with Gasteiger partial charge in [0.15, 0.2) is 5.78 Å². The Labute approximate surface area is 66.3 Å². The van der Waals surface area contributed by atoms with Crippen molar-refractivity contribution in [3.8, 4) is 0 Å². The van der Waals surface area contributed by atoms with Crippen molar-refractivity contribution >= 4 is 11.7 Å². The number of ketones is 1. The Hall–Kier alpha value is -1.86. The van der Waals surface area contributed by atoms with Crippen LogP contribution in [0.25, 0.3) is 0 Å². The second-order valence-electron chi connectivity index (χ2n) is 2.08. The van der Waals surface area contributed by atoms with Gasteiger partial charge in [-0.05, 0) is 11.8 Å². The van der Waals surface area contributed by atoms with Gasteiger partial charge in [-0.3, -0.25) is 4.79 Å². The van der Waals surface area contributed by atoms with Gasteiger partial charge >= 0.3 is 5.95 Å². The van der Waals surface area contributed by atoms with Crippen molar-refractivity contribution in [2.24, 2.45) is 0 Å². The van der Waals surface area contributed by atoms with Crippen LogP contribution >= 0.6 is 0 Å². The molecule has 8 heteroatoms. The zero-order valence-electron chi connectivity index (χ0n) is 6.17. The maximum absolute atomic E-state index is 10.5. The molecule has 0 amide bonds. The first-order valence-electron chi connectivity index (χ1n) is 3.01. The Morgan fingerprint density at radius 1 is 1.75 bits per heavy atom. The smallest absolute Gasteiger partial charge is 0.390 e. The topological polar surface area (TPSA) is 104 Å². The molecule has 0 spiro atoms. The summed E-state index contributed by atoms with van der Waals surface area (Å²) >= 11 is 0. The molecule has 0 aliphatic rings. The fraction of sp³-hybridized carbons (Fsp3) is 0.500. The molecule has 0 atom stereocenters. The van der Waals surface area contributed by atoms with Gasteiger partial charge in [0.1, 0.15) is 6.54 Å². The zero-order chi connectivity index (χ0) is 9.14. The average Bonchev–Trinajstić information content (AvgIpc) is 2.34. The van der Waals surface area contributed by atoms with E-state index >= 15 is 0 Å². The molecule has 0 unspecified atom stereocenters. The molecule has 8 nitrogen and oxygen atoms in total. The monoisotopic (exact) mass is 171 g/mol. The predicted octanol–water partition coefficient (Wildman–Crippen LogP) is -0.830. The Bertz CT molecular complexity index is 318. The summed E-state index contributed by atoms with van der Waals surface area (Å²) in [6, 6.07) is 0. The van der Waals surface area contributed by atoms with Gasteiger partial charge in [0.25, 0.3) is 0 Å². The van der Waals surface area contributed by atoms with Crippen LogP contribution in [0.15, 0.2) is 0 Å². The number of hydrogen-bond acceptors (Lipinski definition) is 6. The lowest BCUT2D eigenvalue weighted by atomic mass is 10.5. The molecular weight excluding hydrogens is 166 g/mol. The van der Waals surface area contributed by atoms with Crippen LogP contribution in [0.5, 0.6) is 0 Å². The van der Waals surface area contributed by atoms with Crippen molar-refractivity contribution in [1.29, 1.82) is 0 Å². The van der Waals surface area contributed by atoms with Gasteiger partial charge in [0.2, 0.25) is 0 Å². The second-order valence-corrected chi connectivity index (χ2v) is 2.08. The van der Waals surface area contributed by atoms with Gasteiger partial charge in [-0.15, -0.1) is 0 Å². The molecule has 64 valence electrons. The number of hydrogen-bond donors (Lipinski definition) is 0. The van der Waals surface area contributed by atoms with E-state index in [1.807, 2.05) is 0 Å². The van der Waals surface area contributed by atoms with Gasteiger partial charge in [0.05, 0.1) is 10.2 Å². The van der Waals surface area contributed by atoms with E-state index in [2.05, 4.69) is 15.4 Å². The van der Waals surface area contributed by atoms with Crippen LogP contribution in [-0.4, -0.2) is 30.9 Å². The van der Waals surface area contributed by atoms with Crippen LogP contribution < -0.4 is 0 Å². The molecule has 1 rings (SSSR count). The van der Waals surface area contributed by atoms with Gasteiger partial charge in [-0.25, -0.2) is 0 Å². The third-order valence-electron chi connectivity index (χ3n) is 0.970. The van der Waals surface area contributed by atoms with E-state index in [4.69, 9.17) is 0 Å². The molecule has 0 fully saturated rings. The number of rotatable bonds is 3. The van der Waals surface area contributed by atoms with Crippen molar-refractivity contribution in [2.45, 2.75) is 13.5 Å². The predicted molar refractivity (Wildman–Crippen MR) is 35.2 cm³/mol. The van der Waals surface area contributed by atoms with Gasteiger partial charge in [-0.2, -0.15) is 0 Å². The van der Waals surface area contributed by atoms with Crippen LogP contribution in [-0.2, 0) is 11.3 Å². The molecule has 0 aliphatic carbocycles. The molecule has 0 aromatic carbocycles. The molecule has 0 saturated carbocycles. The molecular formula is C4H5N5O3. The highest BCUT2D eigenvalue weighted by Crippen LogP contribution is 1.96. The summed E-state index contributed by atoms with van der Waals surface area (Å²) in [4.78, 5) is 20.6. The van der Waals surface area contributed by atoms with Crippen LogP contribution in [0.1, 0.15) is 6.92 Å². The van der Waals surface area contributed by atoms with E-state index in [9.17, 15) is 14.9 Å². The lowest BCUT2D eigenvalue weighted by Gasteiger charge is -1.85. The highest BCUT2D eigenvalue weighted by Gasteiger charge is 2.15. The average molecular weight is 171 g/mol. The number of tetrazole rings is 1. The Morgan fingerprint density at radius 3 is 2.83 bits per heavy atom. The first-order chi connectivity index (χ1) is 5.59. The fourth-order valence-corrected chi connectivity index (χ4v) is 0.574. The second kappa shape index (κ2) is 3.03. The summed E-state index contributed by atoms with van der Waals surface area (Å²) in [5.41, 5.74) is 0. The summed E-state index contributed by atoms with van der Waals surface area (Å²) in [6.07, 6.45) is 0. The maximum Gasteiger partial charge on any atom is 0.514 e. The largest absolute Gasteiger partial charge is 0.514 e. The summed E-state index contributed by atoms with van der Waals surface area (Å²) < 4.78 is 0.